The summed E-state index contributed by atoms with van der Waals surface area (Å²) < 4.78 is 0. The number of para-hydroxylation sites is 1. The topological polar surface area (TPSA) is 67.2 Å². The minimum atomic E-state index is -0.195. The highest BCUT2D eigenvalue weighted by Gasteiger charge is 2.25. The predicted octanol–water partition coefficient (Wildman–Crippen LogP) is 1.92. The molecule has 1 aromatic carbocycles. The molecule has 0 aliphatic carbocycles. The monoisotopic (exact) mass is 244 g/mol. The highest BCUT2D eigenvalue weighted by atomic mass is 32.1. The Hall–Kier alpha value is -2.08. The summed E-state index contributed by atoms with van der Waals surface area (Å²) in [6, 6.07) is 7.46. The van der Waals surface area contributed by atoms with Gasteiger partial charge in [-0.2, -0.15) is 0 Å². The number of hydrogen-bond donors (Lipinski definition) is 1. The van der Waals surface area contributed by atoms with Crippen molar-refractivity contribution in [2.24, 2.45) is 4.99 Å². The molecule has 1 N–H and O–H groups in total. The van der Waals surface area contributed by atoms with Crippen molar-refractivity contribution in [2.45, 2.75) is 6.92 Å². The first-order valence-corrected chi connectivity index (χ1v) is 5.85. The van der Waals surface area contributed by atoms with Crippen LogP contribution < -0.4 is 5.32 Å². The molecule has 84 valence electrons. The van der Waals surface area contributed by atoms with Crippen molar-refractivity contribution in [3.8, 4) is 0 Å². The van der Waals surface area contributed by atoms with Gasteiger partial charge in [-0.1, -0.05) is 29.5 Å². The Kier molecular flexibility index (Phi) is 2.22. The van der Waals surface area contributed by atoms with Crippen molar-refractivity contribution < 1.29 is 4.79 Å². The largest absolute Gasteiger partial charge is 0.320 e. The predicted molar refractivity (Wildman–Crippen MR) is 65.9 cm³/mol. The summed E-state index contributed by atoms with van der Waals surface area (Å²) in [7, 11) is 0. The van der Waals surface area contributed by atoms with Gasteiger partial charge in [0.15, 0.2) is 0 Å². The van der Waals surface area contributed by atoms with E-state index >= 15 is 0 Å². The molecule has 0 spiro atoms. The minimum absolute atomic E-state index is 0.195. The van der Waals surface area contributed by atoms with Crippen LogP contribution in [0.1, 0.15) is 10.6 Å². The van der Waals surface area contributed by atoms with Gasteiger partial charge in [-0.05, 0) is 13.0 Å². The molecule has 17 heavy (non-hydrogen) atoms. The summed E-state index contributed by atoms with van der Waals surface area (Å²) in [4.78, 5) is 16.0. The molecular formula is C11H8N4OS. The maximum absolute atomic E-state index is 11.8. The third-order valence-corrected chi connectivity index (χ3v) is 3.10. The molecule has 1 aliphatic heterocycles. The molecule has 0 bridgehead atoms. The number of fused-ring (bicyclic) bond motifs is 1. The summed E-state index contributed by atoms with van der Waals surface area (Å²) in [5, 5.41) is 11.9. The van der Waals surface area contributed by atoms with Crippen LogP contribution in [0.15, 0.2) is 29.3 Å². The normalized spacial score (nSPS) is 16.1. The van der Waals surface area contributed by atoms with Crippen molar-refractivity contribution >= 4 is 33.8 Å². The van der Waals surface area contributed by atoms with Crippen LogP contribution in [0, 0.1) is 6.92 Å². The van der Waals surface area contributed by atoms with Gasteiger partial charge < -0.3 is 5.32 Å². The Morgan fingerprint density at radius 3 is 2.88 bits per heavy atom. The highest BCUT2D eigenvalue weighted by Crippen LogP contribution is 2.26. The number of aromatic nitrogens is 2. The van der Waals surface area contributed by atoms with Gasteiger partial charge in [-0.25, -0.2) is 4.99 Å². The molecule has 0 atom stereocenters. The van der Waals surface area contributed by atoms with Gasteiger partial charge in [-0.15, -0.1) is 10.2 Å². The van der Waals surface area contributed by atoms with E-state index in [1.54, 1.807) is 0 Å². The first kappa shape index (κ1) is 10.1. The maximum Gasteiger partial charge on any atom is 0.275 e. The van der Waals surface area contributed by atoms with Crippen LogP contribution in [0.4, 0.5) is 10.8 Å². The number of carbonyl (C=O) groups excluding carboxylic acids is 1. The maximum atomic E-state index is 11.8. The second-order valence-electron chi connectivity index (χ2n) is 3.56. The van der Waals surface area contributed by atoms with Crippen molar-refractivity contribution in [3.05, 3.63) is 34.8 Å². The van der Waals surface area contributed by atoms with Crippen molar-refractivity contribution in [3.63, 3.8) is 0 Å². The lowest BCUT2D eigenvalue weighted by Crippen LogP contribution is -2.13. The first-order valence-electron chi connectivity index (χ1n) is 5.03. The minimum Gasteiger partial charge on any atom is -0.320 e. The number of hydrogen-bond acceptors (Lipinski definition) is 5. The van der Waals surface area contributed by atoms with Crippen LogP contribution in [-0.2, 0) is 4.79 Å². The smallest absolute Gasteiger partial charge is 0.275 e. The van der Waals surface area contributed by atoms with E-state index in [1.165, 1.54) is 11.3 Å². The third-order valence-electron chi connectivity index (χ3n) is 2.37. The number of carbonyl (C=O) groups is 1. The molecule has 1 aromatic heterocycles. The van der Waals surface area contributed by atoms with E-state index in [2.05, 4.69) is 20.5 Å². The second-order valence-corrected chi connectivity index (χ2v) is 4.72. The summed E-state index contributed by atoms with van der Waals surface area (Å²) in [5.41, 5.74) is 2.00. The van der Waals surface area contributed by atoms with Crippen molar-refractivity contribution in [1.82, 2.24) is 10.2 Å². The number of amides is 1. The number of benzene rings is 1. The number of nitrogens with one attached hydrogen (secondary N) is 1. The lowest BCUT2D eigenvalue weighted by molar-refractivity contribution is -0.110. The van der Waals surface area contributed by atoms with Crippen LogP contribution in [0.3, 0.4) is 0 Å². The zero-order chi connectivity index (χ0) is 11.8. The lowest BCUT2D eigenvalue weighted by Gasteiger charge is -1.94. The molecule has 0 fully saturated rings. The fourth-order valence-electron chi connectivity index (χ4n) is 1.64. The summed E-state index contributed by atoms with van der Waals surface area (Å²) in [6.45, 7) is 1.85. The SMILES string of the molecule is Cc1nnc(/N=C2\C(=O)Nc3ccccc32)s1. The van der Waals surface area contributed by atoms with Gasteiger partial charge in [0, 0.05) is 5.56 Å². The van der Waals surface area contributed by atoms with Crippen molar-refractivity contribution in [2.75, 3.05) is 5.32 Å². The number of anilines is 1. The fourth-order valence-corrected chi connectivity index (χ4v) is 2.20. The molecule has 3 rings (SSSR count). The number of aliphatic imine (C=N–C) groups is 1. The van der Waals surface area contributed by atoms with Crippen LogP contribution in [0.5, 0.6) is 0 Å². The molecule has 0 radical (unpaired) electrons. The molecule has 2 aromatic rings. The highest BCUT2D eigenvalue weighted by molar-refractivity contribution is 7.14. The van der Waals surface area contributed by atoms with Gasteiger partial charge in [0.05, 0.1) is 5.69 Å². The van der Waals surface area contributed by atoms with E-state index in [1.807, 2.05) is 31.2 Å². The van der Waals surface area contributed by atoms with E-state index in [-0.39, 0.29) is 5.91 Å². The average Bonchev–Trinajstić information content (AvgIpc) is 2.85. The number of nitrogens with zero attached hydrogens (tertiary/aromatic N) is 3. The molecule has 0 saturated carbocycles. The molecule has 0 saturated heterocycles. The van der Waals surface area contributed by atoms with E-state index in [9.17, 15) is 4.79 Å². The Bertz CT molecular complexity index is 632. The molecule has 6 heteroatoms. The van der Waals surface area contributed by atoms with E-state index in [0.717, 1.165) is 16.3 Å². The van der Waals surface area contributed by atoms with E-state index in [4.69, 9.17) is 0 Å². The van der Waals surface area contributed by atoms with Crippen LogP contribution in [0.2, 0.25) is 0 Å². The lowest BCUT2D eigenvalue weighted by atomic mass is 10.1. The van der Waals surface area contributed by atoms with Crippen LogP contribution in [-0.4, -0.2) is 21.8 Å². The zero-order valence-electron chi connectivity index (χ0n) is 8.97. The average molecular weight is 244 g/mol. The molecule has 1 aliphatic rings. The van der Waals surface area contributed by atoms with Gasteiger partial charge in [0.2, 0.25) is 5.13 Å². The zero-order valence-corrected chi connectivity index (χ0v) is 9.78. The summed E-state index contributed by atoms with van der Waals surface area (Å²) >= 11 is 1.36. The molecule has 1 amide bonds. The Morgan fingerprint density at radius 1 is 1.29 bits per heavy atom. The Labute approximate surface area is 101 Å². The fraction of sp³-hybridized carbons (Fsp3) is 0.0909. The molecular weight excluding hydrogens is 236 g/mol. The Morgan fingerprint density at radius 2 is 2.12 bits per heavy atom. The van der Waals surface area contributed by atoms with Gasteiger partial charge in [0.25, 0.3) is 5.91 Å². The van der Waals surface area contributed by atoms with Crippen LogP contribution in [0.25, 0.3) is 0 Å². The summed E-state index contributed by atoms with van der Waals surface area (Å²) in [6.07, 6.45) is 0. The molecule has 0 unspecified atom stereocenters. The Balaban J connectivity index is 2.09. The van der Waals surface area contributed by atoms with E-state index < -0.39 is 0 Å². The second kappa shape index (κ2) is 3.74. The van der Waals surface area contributed by atoms with Crippen LogP contribution >= 0.6 is 11.3 Å². The number of rotatable bonds is 1. The summed E-state index contributed by atoms with van der Waals surface area (Å²) in [5.74, 6) is -0.195. The standard InChI is InChI=1S/C11H8N4OS/c1-6-14-15-11(17-6)13-9-7-4-2-3-5-8(7)12-10(9)16/h2-5H,1H3,(H,12,13,15,16). The molecule has 2 heterocycles. The quantitative estimate of drug-likeness (QED) is 0.833. The van der Waals surface area contributed by atoms with Gasteiger partial charge in [0.1, 0.15) is 10.7 Å². The first-order chi connectivity index (χ1) is 8.24. The van der Waals surface area contributed by atoms with Crippen molar-refractivity contribution in [1.29, 1.82) is 0 Å². The van der Waals surface area contributed by atoms with Gasteiger partial charge >= 0.3 is 0 Å². The molecule has 5 nitrogen and oxygen atoms in total. The number of aryl methyl sites for hydroxylation is 1. The van der Waals surface area contributed by atoms with Gasteiger partial charge in [-0.3, -0.25) is 4.79 Å². The van der Waals surface area contributed by atoms with E-state index in [0.29, 0.717) is 10.8 Å². The third kappa shape index (κ3) is 1.72.